The summed E-state index contributed by atoms with van der Waals surface area (Å²) in [5.74, 6) is 0. The van der Waals surface area contributed by atoms with Gasteiger partial charge in [0.2, 0.25) is 0 Å². The maximum absolute atomic E-state index is 12.5. The Balaban J connectivity index is 1.90. The van der Waals surface area contributed by atoms with Gasteiger partial charge in [-0.25, -0.2) is 0 Å². The zero-order valence-electron chi connectivity index (χ0n) is 10.6. The molecule has 2 aromatic carbocycles. The predicted molar refractivity (Wildman–Crippen MR) is 80.7 cm³/mol. The molecule has 0 aliphatic rings. The van der Waals surface area contributed by atoms with Crippen molar-refractivity contribution in [3.8, 4) is 0 Å². The van der Waals surface area contributed by atoms with Crippen LogP contribution in [-0.2, 0) is 6.18 Å². The Morgan fingerprint density at radius 1 is 1.00 bits per heavy atom. The van der Waals surface area contributed by atoms with Gasteiger partial charge in [-0.15, -0.1) is 0 Å². The largest absolute Gasteiger partial charge is 0.416 e. The molecule has 0 bridgehead atoms. The van der Waals surface area contributed by atoms with Crippen molar-refractivity contribution < 1.29 is 13.2 Å². The molecule has 3 rings (SSSR count). The van der Waals surface area contributed by atoms with Crippen LogP contribution in [0.2, 0.25) is 0 Å². The van der Waals surface area contributed by atoms with E-state index in [0.717, 1.165) is 33.2 Å². The topological polar surface area (TPSA) is 27.8 Å². The van der Waals surface area contributed by atoms with Gasteiger partial charge < -0.3 is 10.3 Å². The van der Waals surface area contributed by atoms with E-state index in [9.17, 15) is 13.2 Å². The summed E-state index contributed by atoms with van der Waals surface area (Å²) in [7, 11) is 0. The molecule has 0 spiro atoms. The summed E-state index contributed by atoms with van der Waals surface area (Å²) in [5, 5.41) is 4.08. The highest BCUT2D eigenvalue weighted by molar-refractivity contribution is 9.10. The highest BCUT2D eigenvalue weighted by atomic mass is 79.9. The Labute approximate surface area is 127 Å². The van der Waals surface area contributed by atoms with Gasteiger partial charge >= 0.3 is 6.18 Å². The van der Waals surface area contributed by atoms with E-state index < -0.39 is 11.7 Å². The van der Waals surface area contributed by atoms with Crippen LogP contribution in [0.3, 0.4) is 0 Å². The monoisotopic (exact) mass is 354 g/mol. The first-order valence-electron chi connectivity index (χ1n) is 6.14. The smallest absolute Gasteiger partial charge is 0.359 e. The molecule has 108 valence electrons. The van der Waals surface area contributed by atoms with Gasteiger partial charge in [0.1, 0.15) is 0 Å². The van der Waals surface area contributed by atoms with Crippen molar-refractivity contribution in [1.29, 1.82) is 0 Å². The average molecular weight is 355 g/mol. The summed E-state index contributed by atoms with van der Waals surface area (Å²) in [6.45, 7) is 0. The van der Waals surface area contributed by atoms with E-state index in [4.69, 9.17) is 0 Å². The maximum Gasteiger partial charge on any atom is 0.416 e. The second-order valence-electron chi connectivity index (χ2n) is 4.59. The summed E-state index contributed by atoms with van der Waals surface area (Å²) in [6.07, 6.45) is -2.53. The maximum atomic E-state index is 12.5. The summed E-state index contributed by atoms with van der Waals surface area (Å²) >= 11 is 3.40. The molecule has 0 amide bonds. The molecule has 21 heavy (non-hydrogen) atoms. The van der Waals surface area contributed by atoms with Crippen LogP contribution in [-0.4, -0.2) is 4.98 Å². The second-order valence-corrected chi connectivity index (χ2v) is 5.51. The number of aromatic amines is 1. The average Bonchev–Trinajstić information content (AvgIpc) is 2.81. The molecule has 0 atom stereocenters. The molecule has 0 unspecified atom stereocenters. The van der Waals surface area contributed by atoms with E-state index in [0.29, 0.717) is 5.69 Å². The fraction of sp³-hybridized carbons (Fsp3) is 0.0667. The number of rotatable bonds is 2. The van der Waals surface area contributed by atoms with Crippen molar-refractivity contribution >= 4 is 38.2 Å². The van der Waals surface area contributed by atoms with Crippen molar-refractivity contribution in [2.75, 3.05) is 5.32 Å². The number of anilines is 2. The molecule has 0 aliphatic carbocycles. The zero-order chi connectivity index (χ0) is 15.0. The number of halogens is 4. The number of alkyl halides is 3. The van der Waals surface area contributed by atoms with Gasteiger partial charge in [0.25, 0.3) is 0 Å². The van der Waals surface area contributed by atoms with Gasteiger partial charge in [0.15, 0.2) is 0 Å². The molecule has 1 heterocycles. The first-order chi connectivity index (χ1) is 9.93. The first kappa shape index (κ1) is 14.0. The minimum absolute atomic E-state index is 0.601. The fourth-order valence-corrected chi connectivity index (χ4v) is 2.46. The van der Waals surface area contributed by atoms with Gasteiger partial charge in [-0.05, 0) is 42.5 Å². The molecule has 2 N–H and O–H groups in total. The summed E-state index contributed by atoms with van der Waals surface area (Å²) in [4.78, 5) is 3.11. The molecule has 3 aromatic rings. The van der Waals surface area contributed by atoms with Crippen LogP contribution in [0.25, 0.3) is 10.9 Å². The minimum atomic E-state index is -4.32. The number of hydrogen-bond donors (Lipinski definition) is 2. The highest BCUT2D eigenvalue weighted by Crippen LogP contribution is 2.32. The summed E-state index contributed by atoms with van der Waals surface area (Å²) in [6, 6.07) is 10.7. The SMILES string of the molecule is FC(F)(F)c1ccc(Nc2c[nH]c3ccc(Br)cc23)cc1. The molecule has 0 fully saturated rings. The number of aromatic nitrogens is 1. The minimum Gasteiger partial charge on any atom is -0.359 e. The van der Waals surface area contributed by atoms with Crippen molar-refractivity contribution in [3.05, 3.63) is 58.7 Å². The summed E-state index contributed by atoms with van der Waals surface area (Å²) in [5.41, 5.74) is 1.71. The Morgan fingerprint density at radius 2 is 1.71 bits per heavy atom. The van der Waals surface area contributed by atoms with Crippen LogP contribution in [0, 0.1) is 0 Å². The standard InChI is InChI=1S/C15H10BrF3N2/c16-10-3-6-13-12(7-10)14(8-20-13)21-11-4-1-9(2-5-11)15(17,18)19/h1-8,20-21H. The van der Waals surface area contributed by atoms with E-state index in [1.165, 1.54) is 12.1 Å². The third-order valence-electron chi connectivity index (χ3n) is 3.14. The van der Waals surface area contributed by atoms with Crippen molar-refractivity contribution in [2.45, 2.75) is 6.18 Å². The van der Waals surface area contributed by atoms with Crippen molar-refractivity contribution in [1.82, 2.24) is 4.98 Å². The van der Waals surface area contributed by atoms with Crippen LogP contribution in [0.5, 0.6) is 0 Å². The molecule has 6 heteroatoms. The zero-order valence-corrected chi connectivity index (χ0v) is 12.2. The van der Waals surface area contributed by atoms with E-state index >= 15 is 0 Å². The van der Waals surface area contributed by atoms with Gasteiger partial charge in [-0.2, -0.15) is 13.2 Å². The number of fused-ring (bicyclic) bond motifs is 1. The van der Waals surface area contributed by atoms with Crippen molar-refractivity contribution in [3.63, 3.8) is 0 Å². The predicted octanol–water partition coefficient (Wildman–Crippen LogP) is 5.69. The lowest BCUT2D eigenvalue weighted by atomic mass is 10.2. The molecular formula is C15H10BrF3N2. The fourth-order valence-electron chi connectivity index (χ4n) is 2.09. The highest BCUT2D eigenvalue weighted by Gasteiger charge is 2.29. The lowest BCUT2D eigenvalue weighted by Crippen LogP contribution is -2.04. The Kier molecular flexibility index (Phi) is 3.41. The quantitative estimate of drug-likeness (QED) is 0.607. The Hall–Kier alpha value is -1.95. The van der Waals surface area contributed by atoms with Crippen LogP contribution in [0.4, 0.5) is 24.5 Å². The summed E-state index contributed by atoms with van der Waals surface area (Å²) < 4.78 is 38.5. The normalized spacial score (nSPS) is 11.8. The van der Waals surface area contributed by atoms with Crippen molar-refractivity contribution in [2.24, 2.45) is 0 Å². The third kappa shape index (κ3) is 2.90. The van der Waals surface area contributed by atoms with Crippen LogP contribution in [0.1, 0.15) is 5.56 Å². The number of hydrogen-bond acceptors (Lipinski definition) is 1. The van der Waals surface area contributed by atoms with Gasteiger partial charge in [-0.3, -0.25) is 0 Å². The van der Waals surface area contributed by atoms with Crippen LogP contribution in [0.15, 0.2) is 53.1 Å². The number of nitrogens with one attached hydrogen (secondary N) is 2. The lowest BCUT2D eigenvalue weighted by Gasteiger charge is -2.09. The second kappa shape index (κ2) is 5.11. The molecule has 0 saturated carbocycles. The molecule has 2 nitrogen and oxygen atoms in total. The first-order valence-corrected chi connectivity index (χ1v) is 6.94. The van der Waals surface area contributed by atoms with E-state index in [2.05, 4.69) is 26.2 Å². The van der Waals surface area contributed by atoms with Gasteiger partial charge in [0.05, 0.1) is 11.3 Å². The van der Waals surface area contributed by atoms with E-state index in [-0.39, 0.29) is 0 Å². The number of H-pyrrole nitrogens is 1. The van der Waals surface area contributed by atoms with E-state index in [1.807, 2.05) is 18.2 Å². The van der Waals surface area contributed by atoms with Gasteiger partial charge in [-0.1, -0.05) is 15.9 Å². The van der Waals surface area contributed by atoms with E-state index in [1.54, 1.807) is 6.20 Å². The molecular weight excluding hydrogens is 345 g/mol. The molecule has 0 saturated heterocycles. The van der Waals surface area contributed by atoms with Gasteiger partial charge in [0, 0.05) is 27.3 Å². The molecule has 0 radical (unpaired) electrons. The van der Waals surface area contributed by atoms with Crippen LogP contribution < -0.4 is 5.32 Å². The van der Waals surface area contributed by atoms with Crippen LogP contribution >= 0.6 is 15.9 Å². The Bertz CT molecular complexity index is 776. The molecule has 0 aliphatic heterocycles. The Morgan fingerprint density at radius 3 is 2.38 bits per heavy atom. The number of benzene rings is 2. The molecule has 1 aromatic heterocycles. The lowest BCUT2D eigenvalue weighted by molar-refractivity contribution is -0.137. The third-order valence-corrected chi connectivity index (χ3v) is 3.63.